The molecule has 1 N–H and O–H groups in total. The number of hydrogen-bond acceptors (Lipinski definition) is 3. The number of carbonyl (C=O) groups excluding carboxylic acids is 1. The van der Waals surface area contributed by atoms with Gasteiger partial charge < -0.3 is 10.2 Å². The molecule has 2 aliphatic rings. The first-order valence-electron chi connectivity index (χ1n) is 7.00. The molecule has 114 valence electrons. The molecule has 2 rings (SSSR count). The second-order valence-corrected chi connectivity index (χ2v) is 5.14. The van der Waals surface area contributed by atoms with Crippen LogP contribution in [0.3, 0.4) is 0 Å². The van der Waals surface area contributed by atoms with E-state index >= 15 is 0 Å². The van der Waals surface area contributed by atoms with Gasteiger partial charge in [0.05, 0.1) is 6.54 Å². The van der Waals surface area contributed by atoms with Crippen LogP contribution in [0.2, 0.25) is 0 Å². The van der Waals surface area contributed by atoms with Crippen molar-refractivity contribution < 1.29 is 4.79 Å². The standard InChI is InChI=1S/C13H25N3O.2ClH/c1-3-15(4-2)10-13(17)16-11-5-6-12(16)9-14-8-7-11;;/h11-12,14H,3-10H2,1-2H3;2*1H. The highest BCUT2D eigenvalue weighted by molar-refractivity contribution is 5.85. The minimum absolute atomic E-state index is 0. The van der Waals surface area contributed by atoms with Gasteiger partial charge in [0.2, 0.25) is 5.91 Å². The lowest BCUT2D eigenvalue weighted by atomic mass is 10.1. The SMILES string of the molecule is CCN(CC)CC(=O)N1C2CCNCC1CC2.Cl.Cl. The molecule has 0 aromatic heterocycles. The zero-order chi connectivity index (χ0) is 12.3. The summed E-state index contributed by atoms with van der Waals surface area (Å²) < 4.78 is 0. The summed E-state index contributed by atoms with van der Waals surface area (Å²) in [6.07, 6.45) is 3.51. The summed E-state index contributed by atoms with van der Waals surface area (Å²) in [5.74, 6) is 0.338. The molecule has 4 nitrogen and oxygen atoms in total. The number of fused-ring (bicyclic) bond motifs is 2. The van der Waals surface area contributed by atoms with Crippen molar-refractivity contribution in [3.63, 3.8) is 0 Å². The molecule has 0 aromatic rings. The van der Waals surface area contributed by atoms with Gasteiger partial charge in [-0.1, -0.05) is 13.8 Å². The maximum absolute atomic E-state index is 12.4. The molecule has 0 aromatic carbocycles. The fourth-order valence-corrected chi connectivity index (χ4v) is 3.11. The van der Waals surface area contributed by atoms with E-state index in [1.54, 1.807) is 0 Å². The monoisotopic (exact) mass is 311 g/mol. The molecule has 2 bridgehead atoms. The zero-order valence-corrected chi connectivity index (χ0v) is 13.6. The first kappa shape index (κ1) is 19.0. The van der Waals surface area contributed by atoms with E-state index in [1.165, 1.54) is 12.8 Å². The summed E-state index contributed by atoms with van der Waals surface area (Å²) in [5.41, 5.74) is 0. The van der Waals surface area contributed by atoms with E-state index in [1.807, 2.05) is 0 Å². The summed E-state index contributed by atoms with van der Waals surface area (Å²) in [7, 11) is 0. The molecule has 0 aliphatic carbocycles. The van der Waals surface area contributed by atoms with Crippen LogP contribution in [0.15, 0.2) is 0 Å². The number of rotatable bonds is 4. The van der Waals surface area contributed by atoms with Crippen molar-refractivity contribution >= 4 is 30.7 Å². The van der Waals surface area contributed by atoms with Crippen LogP contribution in [0.5, 0.6) is 0 Å². The second kappa shape index (κ2) is 9.01. The van der Waals surface area contributed by atoms with E-state index in [4.69, 9.17) is 0 Å². The van der Waals surface area contributed by atoms with Gasteiger partial charge in [0, 0.05) is 18.6 Å². The van der Waals surface area contributed by atoms with Crippen LogP contribution < -0.4 is 5.32 Å². The zero-order valence-electron chi connectivity index (χ0n) is 11.9. The molecule has 2 atom stereocenters. The van der Waals surface area contributed by atoms with E-state index in [-0.39, 0.29) is 24.8 Å². The average Bonchev–Trinajstić information content (AvgIpc) is 2.59. The molecule has 0 saturated carbocycles. The molecule has 2 fully saturated rings. The molecule has 19 heavy (non-hydrogen) atoms. The van der Waals surface area contributed by atoms with Crippen LogP contribution in [0, 0.1) is 0 Å². The van der Waals surface area contributed by atoms with E-state index in [2.05, 4.69) is 29.0 Å². The molecule has 2 saturated heterocycles. The lowest BCUT2D eigenvalue weighted by molar-refractivity contribution is -0.134. The maximum atomic E-state index is 12.4. The van der Waals surface area contributed by atoms with Gasteiger partial charge in [-0.2, -0.15) is 0 Å². The Morgan fingerprint density at radius 1 is 1.16 bits per heavy atom. The number of nitrogens with zero attached hydrogens (tertiary/aromatic N) is 2. The van der Waals surface area contributed by atoms with Crippen molar-refractivity contribution in [2.75, 3.05) is 32.7 Å². The molecule has 2 aliphatic heterocycles. The highest BCUT2D eigenvalue weighted by Gasteiger charge is 2.37. The lowest BCUT2D eigenvalue weighted by Gasteiger charge is -2.30. The van der Waals surface area contributed by atoms with Crippen molar-refractivity contribution in [2.45, 2.75) is 45.2 Å². The molecule has 0 spiro atoms. The minimum atomic E-state index is 0. The van der Waals surface area contributed by atoms with Gasteiger partial charge in [-0.25, -0.2) is 0 Å². The van der Waals surface area contributed by atoms with E-state index in [0.717, 1.165) is 32.6 Å². The second-order valence-electron chi connectivity index (χ2n) is 5.14. The Kier molecular flexibility index (Phi) is 8.99. The van der Waals surface area contributed by atoms with Crippen LogP contribution in [0.4, 0.5) is 0 Å². The molecule has 6 heteroatoms. The third-order valence-electron chi connectivity index (χ3n) is 4.20. The smallest absolute Gasteiger partial charge is 0.237 e. The van der Waals surface area contributed by atoms with Crippen LogP contribution in [0.1, 0.15) is 33.1 Å². The van der Waals surface area contributed by atoms with E-state index in [9.17, 15) is 4.79 Å². The predicted molar refractivity (Wildman–Crippen MR) is 83.4 cm³/mol. The summed E-state index contributed by atoms with van der Waals surface area (Å²) in [5, 5.41) is 3.44. The van der Waals surface area contributed by atoms with Gasteiger partial charge in [-0.05, 0) is 38.9 Å². The Labute approximate surface area is 129 Å². The molecule has 1 amide bonds. The van der Waals surface area contributed by atoms with Crippen LogP contribution in [0.25, 0.3) is 0 Å². The number of amides is 1. The highest BCUT2D eigenvalue weighted by Crippen LogP contribution is 2.27. The van der Waals surface area contributed by atoms with Gasteiger partial charge in [-0.15, -0.1) is 24.8 Å². The van der Waals surface area contributed by atoms with Crippen molar-refractivity contribution in [3.05, 3.63) is 0 Å². The minimum Gasteiger partial charge on any atom is -0.334 e. The van der Waals surface area contributed by atoms with Crippen molar-refractivity contribution in [1.82, 2.24) is 15.1 Å². The van der Waals surface area contributed by atoms with Gasteiger partial charge >= 0.3 is 0 Å². The Morgan fingerprint density at radius 2 is 1.79 bits per heavy atom. The molecule has 2 heterocycles. The lowest BCUT2D eigenvalue weighted by Crippen LogP contribution is -2.47. The summed E-state index contributed by atoms with van der Waals surface area (Å²) in [4.78, 5) is 16.8. The fourth-order valence-electron chi connectivity index (χ4n) is 3.11. The summed E-state index contributed by atoms with van der Waals surface area (Å²) >= 11 is 0. The number of halogens is 2. The number of carbonyl (C=O) groups is 1. The largest absolute Gasteiger partial charge is 0.334 e. The van der Waals surface area contributed by atoms with Gasteiger partial charge in [0.15, 0.2) is 0 Å². The Balaban J connectivity index is 0.00000162. The third kappa shape index (κ3) is 4.48. The Morgan fingerprint density at radius 3 is 2.42 bits per heavy atom. The Hall–Kier alpha value is -0.0300. The molecule has 0 radical (unpaired) electrons. The van der Waals surface area contributed by atoms with E-state index in [0.29, 0.717) is 24.5 Å². The van der Waals surface area contributed by atoms with Crippen LogP contribution in [-0.2, 0) is 4.79 Å². The van der Waals surface area contributed by atoms with Crippen molar-refractivity contribution in [1.29, 1.82) is 0 Å². The number of nitrogens with one attached hydrogen (secondary N) is 1. The highest BCUT2D eigenvalue weighted by atomic mass is 35.5. The van der Waals surface area contributed by atoms with Crippen LogP contribution in [-0.4, -0.2) is 60.5 Å². The topological polar surface area (TPSA) is 35.6 Å². The van der Waals surface area contributed by atoms with Crippen molar-refractivity contribution in [3.8, 4) is 0 Å². The fraction of sp³-hybridized carbons (Fsp3) is 0.923. The van der Waals surface area contributed by atoms with Gasteiger partial charge in [-0.3, -0.25) is 9.69 Å². The summed E-state index contributed by atoms with van der Waals surface area (Å²) in [6, 6.07) is 0.948. The van der Waals surface area contributed by atoms with Gasteiger partial charge in [0.25, 0.3) is 0 Å². The third-order valence-corrected chi connectivity index (χ3v) is 4.20. The first-order chi connectivity index (χ1) is 8.26. The maximum Gasteiger partial charge on any atom is 0.237 e. The summed E-state index contributed by atoms with van der Waals surface area (Å²) in [6.45, 7) is 8.81. The normalized spacial score (nSPS) is 25.5. The van der Waals surface area contributed by atoms with E-state index < -0.39 is 0 Å². The van der Waals surface area contributed by atoms with Crippen LogP contribution >= 0.6 is 24.8 Å². The molecular weight excluding hydrogens is 285 g/mol. The number of likely N-dealkylation sites (N-methyl/N-ethyl adjacent to an activating group) is 1. The predicted octanol–water partition coefficient (Wildman–Crippen LogP) is 1.52. The van der Waals surface area contributed by atoms with Gasteiger partial charge in [0.1, 0.15) is 0 Å². The number of hydrogen-bond donors (Lipinski definition) is 1. The average molecular weight is 312 g/mol. The quantitative estimate of drug-likeness (QED) is 0.855. The Bertz CT molecular complexity index is 261. The first-order valence-corrected chi connectivity index (χ1v) is 7.00. The molecular formula is C13H27Cl2N3O. The van der Waals surface area contributed by atoms with Crippen molar-refractivity contribution in [2.24, 2.45) is 0 Å². The molecule has 2 unspecified atom stereocenters.